The Morgan fingerprint density at radius 3 is 1.92 bits per heavy atom. The third kappa shape index (κ3) is 3.12. The zero-order chi connectivity index (χ0) is 10.3. The highest BCUT2D eigenvalue weighted by molar-refractivity contribution is 5.78. The zero-order valence-electron chi connectivity index (χ0n) is 7.27. The lowest BCUT2D eigenvalue weighted by Gasteiger charge is -2.25. The normalized spacial score (nSPS) is 11.2. The maximum absolute atomic E-state index is 10.8. The summed E-state index contributed by atoms with van der Waals surface area (Å²) in [6.45, 7) is -0.611. The summed E-state index contributed by atoms with van der Waals surface area (Å²) in [4.78, 5) is 21.1. The van der Waals surface area contributed by atoms with E-state index >= 15 is 0 Å². The molecule has 0 aliphatic heterocycles. The van der Waals surface area contributed by atoms with E-state index in [1.165, 1.54) is 0 Å². The average Bonchev–Trinajstić information content (AvgIpc) is 2.05. The van der Waals surface area contributed by atoms with Gasteiger partial charge in [0.15, 0.2) is 0 Å². The first-order chi connectivity index (χ1) is 6.13. The lowest BCUT2D eigenvalue weighted by Crippen LogP contribution is -2.33. The fourth-order valence-electron chi connectivity index (χ4n) is 1.22. The van der Waals surface area contributed by atoms with Crippen LogP contribution in [0.1, 0.15) is 19.3 Å². The zero-order valence-corrected chi connectivity index (χ0v) is 7.27. The van der Waals surface area contributed by atoms with Crippen molar-refractivity contribution in [1.29, 1.82) is 0 Å². The van der Waals surface area contributed by atoms with Gasteiger partial charge in [0.2, 0.25) is 0 Å². The standard InChI is InChI=1S/C8H14O5/c9-4-1-8(2-5-10,3-6-11)7(12)13/h4,10-11H,1-3,5-6H2,(H,12,13). The summed E-state index contributed by atoms with van der Waals surface area (Å²) in [6, 6.07) is 0. The molecule has 0 aliphatic carbocycles. The minimum atomic E-state index is -1.30. The third-order valence-corrected chi connectivity index (χ3v) is 2.11. The van der Waals surface area contributed by atoms with Crippen LogP contribution >= 0.6 is 0 Å². The third-order valence-electron chi connectivity index (χ3n) is 2.11. The number of hydrogen-bond acceptors (Lipinski definition) is 4. The number of aliphatic hydroxyl groups is 2. The number of carbonyl (C=O) groups is 2. The minimum Gasteiger partial charge on any atom is -0.481 e. The van der Waals surface area contributed by atoms with Gasteiger partial charge in [-0.15, -0.1) is 0 Å². The van der Waals surface area contributed by atoms with Crippen LogP contribution in [0.2, 0.25) is 0 Å². The molecule has 13 heavy (non-hydrogen) atoms. The molecule has 0 radical (unpaired) electrons. The van der Waals surface area contributed by atoms with Gasteiger partial charge in [-0.25, -0.2) is 0 Å². The van der Waals surface area contributed by atoms with Crippen molar-refractivity contribution in [1.82, 2.24) is 0 Å². The van der Waals surface area contributed by atoms with E-state index in [2.05, 4.69) is 0 Å². The number of aldehydes is 1. The van der Waals surface area contributed by atoms with Crippen LogP contribution in [0.25, 0.3) is 0 Å². The Hall–Kier alpha value is -0.940. The van der Waals surface area contributed by atoms with Crippen LogP contribution in [-0.4, -0.2) is 40.8 Å². The highest BCUT2D eigenvalue weighted by atomic mass is 16.4. The Morgan fingerprint density at radius 1 is 1.23 bits per heavy atom. The van der Waals surface area contributed by atoms with Gasteiger partial charge in [0.05, 0.1) is 5.41 Å². The molecule has 0 atom stereocenters. The molecule has 0 aromatic rings. The van der Waals surface area contributed by atoms with Crippen molar-refractivity contribution in [2.24, 2.45) is 5.41 Å². The highest BCUT2D eigenvalue weighted by Gasteiger charge is 2.36. The molecule has 5 nitrogen and oxygen atoms in total. The van der Waals surface area contributed by atoms with E-state index in [0.29, 0.717) is 6.29 Å². The topological polar surface area (TPSA) is 94.8 Å². The second-order valence-corrected chi connectivity index (χ2v) is 2.90. The van der Waals surface area contributed by atoms with Gasteiger partial charge < -0.3 is 20.1 Å². The largest absolute Gasteiger partial charge is 0.481 e. The molecule has 0 saturated heterocycles. The first-order valence-electron chi connectivity index (χ1n) is 4.01. The predicted octanol–water partition coefficient (Wildman–Crippen LogP) is -0.589. The van der Waals surface area contributed by atoms with E-state index in [1.807, 2.05) is 0 Å². The molecule has 0 aromatic carbocycles. The fourth-order valence-corrected chi connectivity index (χ4v) is 1.22. The Balaban J connectivity index is 4.57. The second-order valence-electron chi connectivity index (χ2n) is 2.90. The fraction of sp³-hybridized carbons (Fsp3) is 0.750. The molecule has 0 heterocycles. The molecular formula is C8H14O5. The lowest BCUT2D eigenvalue weighted by molar-refractivity contribution is -0.152. The van der Waals surface area contributed by atoms with Crippen molar-refractivity contribution in [2.45, 2.75) is 19.3 Å². The summed E-state index contributed by atoms with van der Waals surface area (Å²) in [5.41, 5.74) is -1.30. The number of carboxylic acid groups (broad SMARTS) is 1. The molecule has 0 unspecified atom stereocenters. The van der Waals surface area contributed by atoms with Gasteiger partial charge in [-0.3, -0.25) is 4.79 Å². The van der Waals surface area contributed by atoms with Crippen molar-refractivity contribution < 1.29 is 24.9 Å². The SMILES string of the molecule is O=CCC(CCO)(CCO)C(=O)O. The van der Waals surface area contributed by atoms with Gasteiger partial charge in [-0.05, 0) is 12.8 Å². The molecule has 0 amide bonds. The Labute approximate surface area is 76.0 Å². The summed E-state index contributed by atoms with van der Waals surface area (Å²) in [6.07, 6.45) is 0.298. The van der Waals surface area contributed by atoms with Crippen LogP contribution in [0.3, 0.4) is 0 Å². The summed E-state index contributed by atoms with van der Waals surface area (Å²) >= 11 is 0. The van der Waals surface area contributed by atoms with E-state index in [9.17, 15) is 9.59 Å². The van der Waals surface area contributed by atoms with Crippen molar-refractivity contribution in [3.63, 3.8) is 0 Å². The molecule has 0 aliphatic rings. The minimum absolute atomic E-state index is 0.0123. The van der Waals surface area contributed by atoms with Gasteiger partial charge in [0, 0.05) is 19.6 Å². The quantitative estimate of drug-likeness (QED) is 0.466. The van der Waals surface area contributed by atoms with Gasteiger partial charge in [0.1, 0.15) is 6.29 Å². The van der Waals surface area contributed by atoms with Gasteiger partial charge >= 0.3 is 5.97 Å². The maximum atomic E-state index is 10.8. The number of carboxylic acids is 1. The molecular weight excluding hydrogens is 176 g/mol. The Morgan fingerprint density at radius 2 is 1.69 bits per heavy atom. The van der Waals surface area contributed by atoms with Gasteiger partial charge in [0.25, 0.3) is 0 Å². The van der Waals surface area contributed by atoms with E-state index < -0.39 is 11.4 Å². The molecule has 5 heteroatoms. The number of rotatable bonds is 7. The summed E-state index contributed by atoms with van der Waals surface area (Å²) in [5, 5.41) is 26.1. The van der Waals surface area contributed by atoms with E-state index in [4.69, 9.17) is 15.3 Å². The molecule has 3 N–H and O–H groups in total. The summed E-state index contributed by atoms with van der Waals surface area (Å²) < 4.78 is 0. The molecule has 0 saturated carbocycles. The predicted molar refractivity (Wildman–Crippen MR) is 44.2 cm³/mol. The summed E-state index contributed by atoms with van der Waals surface area (Å²) in [7, 11) is 0. The van der Waals surface area contributed by atoms with E-state index in [-0.39, 0.29) is 32.5 Å². The maximum Gasteiger partial charge on any atom is 0.310 e. The lowest BCUT2D eigenvalue weighted by atomic mass is 9.79. The number of carbonyl (C=O) groups excluding carboxylic acids is 1. The molecule has 0 aromatic heterocycles. The molecule has 76 valence electrons. The van der Waals surface area contributed by atoms with Gasteiger partial charge in [-0.1, -0.05) is 0 Å². The molecule has 0 spiro atoms. The number of hydrogen-bond donors (Lipinski definition) is 3. The van der Waals surface area contributed by atoms with Crippen molar-refractivity contribution in [2.75, 3.05) is 13.2 Å². The number of aliphatic carboxylic acids is 1. The van der Waals surface area contributed by atoms with Crippen LogP contribution in [0.4, 0.5) is 0 Å². The van der Waals surface area contributed by atoms with E-state index in [1.54, 1.807) is 0 Å². The van der Waals surface area contributed by atoms with Crippen molar-refractivity contribution in [3.8, 4) is 0 Å². The van der Waals surface area contributed by atoms with Crippen LogP contribution < -0.4 is 0 Å². The van der Waals surface area contributed by atoms with Crippen LogP contribution in [0.5, 0.6) is 0 Å². The molecule has 0 rings (SSSR count). The monoisotopic (exact) mass is 190 g/mol. The van der Waals surface area contributed by atoms with Crippen LogP contribution in [0, 0.1) is 5.41 Å². The first-order valence-corrected chi connectivity index (χ1v) is 4.01. The first kappa shape index (κ1) is 12.1. The average molecular weight is 190 g/mol. The van der Waals surface area contributed by atoms with Crippen LogP contribution in [-0.2, 0) is 9.59 Å². The van der Waals surface area contributed by atoms with Crippen molar-refractivity contribution >= 4 is 12.3 Å². The van der Waals surface area contributed by atoms with E-state index in [0.717, 1.165) is 0 Å². The second kappa shape index (κ2) is 5.66. The Bertz CT molecular complexity index is 171. The number of aliphatic hydroxyl groups excluding tert-OH is 2. The molecule has 0 fully saturated rings. The Kier molecular flexibility index (Phi) is 5.25. The van der Waals surface area contributed by atoms with Crippen LogP contribution in [0.15, 0.2) is 0 Å². The summed E-state index contributed by atoms with van der Waals surface area (Å²) in [5.74, 6) is -1.15. The van der Waals surface area contributed by atoms with Gasteiger partial charge in [-0.2, -0.15) is 0 Å². The highest BCUT2D eigenvalue weighted by Crippen LogP contribution is 2.29. The van der Waals surface area contributed by atoms with Crippen molar-refractivity contribution in [3.05, 3.63) is 0 Å². The smallest absolute Gasteiger partial charge is 0.310 e. The molecule has 0 bridgehead atoms.